The molecule has 1 rings (SSSR count). The van der Waals surface area contributed by atoms with E-state index in [1.54, 1.807) is 0 Å². The molecule has 1 heterocycles. The largest absolute Gasteiger partial charge is 0.480 e. The highest BCUT2D eigenvalue weighted by Gasteiger charge is 2.19. The lowest BCUT2D eigenvalue weighted by atomic mass is 10.1. The molecule has 0 saturated heterocycles. The summed E-state index contributed by atoms with van der Waals surface area (Å²) in [6.45, 7) is 2.09. The highest BCUT2D eigenvalue weighted by molar-refractivity contribution is 5.94. The molecule has 0 aliphatic rings. The van der Waals surface area contributed by atoms with Crippen LogP contribution in [0.15, 0.2) is 23.0 Å². The van der Waals surface area contributed by atoms with E-state index >= 15 is 0 Å². The molecule has 0 spiro atoms. The summed E-state index contributed by atoms with van der Waals surface area (Å²) in [5.41, 5.74) is 0.377. The lowest BCUT2D eigenvalue weighted by Crippen LogP contribution is -2.41. The molecule has 1 aromatic heterocycles. The van der Waals surface area contributed by atoms with E-state index in [1.807, 2.05) is 6.92 Å². The fraction of sp³-hybridized carbons (Fsp3) is 0.500. The summed E-state index contributed by atoms with van der Waals surface area (Å²) in [4.78, 5) is 34.2. The molecule has 0 bridgehead atoms. The molecule has 116 valence electrons. The van der Waals surface area contributed by atoms with Crippen molar-refractivity contribution in [2.75, 3.05) is 6.54 Å². The Bertz CT molecular complexity index is 470. The van der Waals surface area contributed by atoms with Crippen LogP contribution in [0.25, 0.3) is 0 Å². The van der Waals surface area contributed by atoms with Gasteiger partial charge in [0, 0.05) is 13.0 Å². The Morgan fingerprint density at radius 1 is 1.38 bits per heavy atom. The number of carboxylic acid groups (broad SMARTS) is 1. The van der Waals surface area contributed by atoms with Crippen LogP contribution in [-0.4, -0.2) is 35.5 Å². The van der Waals surface area contributed by atoms with Crippen LogP contribution in [0.3, 0.4) is 0 Å². The molecule has 0 fully saturated rings. The minimum Gasteiger partial charge on any atom is -0.480 e. The second kappa shape index (κ2) is 8.78. The van der Waals surface area contributed by atoms with Crippen molar-refractivity contribution in [3.63, 3.8) is 0 Å². The Hall–Kier alpha value is -2.31. The first-order valence-electron chi connectivity index (χ1n) is 6.87. The van der Waals surface area contributed by atoms with Gasteiger partial charge in [0.15, 0.2) is 0 Å². The molecular weight excluding hydrogens is 276 g/mol. The fourth-order valence-electron chi connectivity index (χ4n) is 1.72. The van der Waals surface area contributed by atoms with Crippen molar-refractivity contribution in [1.82, 2.24) is 10.6 Å². The Morgan fingerprint density at radius 3 is 2.71 bits per heavy atom. The van der Waals surface area contributed by atoms with Gasteiger partial charge in [0.2, 0.25) is 5.91 Å². The molecule has 21 heavy (non-hydrogen) atoms. The minimum atomic E-state index is -1.04. The zero-order chi connectivity index (χ0) is 15.7. The zero-order valence-corrected chi connectivity index (χ0v) is 11.9. The average molecular weight is 296 g/mol. The fourth-order valence-corrected chi connectivity index (χ4v) is 1.72. The molecule has 1 unspecified atom stereocenters. The standard InChI is InChI=1S/C14H20N2O5/c1-2-3-4-11(14(19)20)16-12(17)5-7-15-13(18)10-6-8-21-9-10/h6,8-9,11H,2-5,7H2,1H3,(H,15,18)(H,16,17)(H,19,20). The normalized spacial score (nSPS) is 11.7. The van der Waals surface area contributed by atoms with Gasteiger partial charge in [-0.1, -0.05) is 19.8 Å². The van der Waals surface area contributed by atoms with Crippen molar-refractivity contribution in [2.24, 2.45) is 0 Å². The number of amides is 2. The predicted molar refractivity (Wildman–Crippen MR) is 74.7 cm³/mol. The molecule has 0 saturated carbocycles. The van der Waals surface area contributed by atoms with Gasteiger partial charge in [-0.2, -0.15) is 0 Å². The van der Waals surface area contributed by atoms with Crippen LogP contribution >= 0.6 is 0 Å². The summed E-state index contributed by atoms with van der Waals surface area (Å²) in [6, 6.07) is 0.641. The monoisotopic (exact) mass is 296 g/mol. The number of nitrogens with one attached hydrogen (secondary N) is 2. The number of hydrogen-bond donors (Lipinski definition) is 3. The minimum absolute atomic E-state index is 0.0273. The molecule has 0 aliphatic heterocycles. The van der Waals surface area contributed by atoms with Crippen molar-refractivity contribution < 1.29 is 23.9 Å². The number of furan rings is 1. The molecule has 0 aliphatic carbocycles. The van der Waals surface area contributed by atoms with E-state index in [2.05, 4.69) is 10.6 Å². The highest BCUT2D eigenvalue weighted by atomic mass is 16.4. The molecule has 2 amide bonds. The lowest BCUT2D eigenvalue weighted by Gasteiger charge is -2.14. The van der Waals surface area contributed by atoms with E-state index in [0.717, 1.165) is 12.8 Å². The van der Waals surface area contributed by atoms with Crippen LogP contribution in [0.1, 0.15) is 43.0 Å². The van der Waals surface area contributed by atoms with Crippen LogP contribution in [0.2, 0.25) is 0 Å². The smallest absolute Gasteiger partial charge is 0.326 e. The number of unbranched alkanes of at least 4 members (excludes halogenated alkanes) is 1. The van der Waals surface area contributed by atoms with Crippen LogP contribution in [-0.2, 0) is 9.59 Å². The summed E-state index contributed by atoms with van der Waals surface area (Å²) in [5, 5.41) is 14.0. The quantitative estimate of drug-likeness (QED) is 0.633. The van der Waals surface area contributed by atoms with E-state index in [-0.39, 0.29) is 18.9 Å². The van der Waals surface area contributed by atoms with Crippen molar-refractivity contribution in [3.8, 4) is 0 Å². The average Bonchev–Trinajstić information content (AvgIpc) is 2.97. The topological polar surface area (TPSA) is 109 Å². The first kappa shape index (κ1) is 16.7. The van der Waals surface area contributed by atoms with Crippen LogP contribution in [0.4, 0.5) is 0 Å². The maximum atomic E-state index is 11.6. The third-order valence-corrected chi connectivity index (χ3v) is 2.90. The van der Waals surface area contributed by atoms with Crippen molar-refractivity contribution in [1.29, 1.82) is 0 Å². The first-order chi connectivity index (χ1) is 10.0. The Balaban J connectivity index is 2.29. The van der Waals surface area contributed by atoms with Crippen molar-refractivity contribution >= 4 is 17.8 Å². The third-order valence-electron chi connectivity index (χ3n) is 2.90. The van der Waals surface area contributed by atoms with Gasteiger partial charge < -0.3 is 20.2 Å². The summed E-state index contributed by atoms with van der Waals surface area (Å²) in [6.07, 6.45) is 4.71. The van der Waals surface area contributed by atoms with E-state index in [4.69, 9.17) is 9.52 Å². The number of carbonyl (C=O) groups excluding carboxylic acids is 2. The maximum absolute atomic E-state index is 11.6. The number of rotatable bonds is 9. The second-order valence-electron chi connectivity index (χ2n) is 4.62. The molecule has 7 heteroatoms. The maximum Gasteiger partial charge on any atom is 0.326 e. The van der Waals surface area contributed by atoms with Gasteiger partial charge in [-0.15, -0.1) is 0 Å². The van der Waals surface area contributed by atoms with Gasteiger partial charge >= 0.3 is 5.97 Å². The summed E-state index contributed by atoms with van der Waals surface area (Å²) >= 11 is 0. The van der Waals surface area contributed by atoms with Gasteiger partial charge in [0.1, 0.15) is 12.3 Å². The van der Waals surface area contributed by atoms with E-state index in [0.29, 0.717) is 12.0 Å². The molecule has 7 nitrogen and oxygen atoms in total. The Morgan fingerprint density at radius 2 is 2.14 bits per heavy atom. The lowest BCUT2D eigenvalue weighted by molar-refractivity contribution is -0.142. The van der Waals surface area contributed by atoms with Crippen LogP contribution in [0, 0.1) is 0 Å². The molecule has 1 atom stereocenters. The summed E-state index contributed by atoms with van der Waals surface area (Å²) < 4.78 is 4.77. The molecule has 0 radical (unpaired) electrons. The van der Waals surface area contributed by atoms with Gasteiger partial charge in [-0.25, -0.2) is 4.79 Å². The zero-order valence-electron chi connectivity index (χ0n) is 11.9. The molecular formula is C14H20N2O5. The second-order valence-corrected chi connectivity index (χ2v) is 4.62. The van der Waals surface area contributed by atoms with Gasteiger partial charge in [-0.05, 0) is 12.5 Å². The molecule has 0 aromatic carbocycles. The van der Waals surface area contributed by atoms with Crippen molar-refractivity contribution in [2.45, 2.75) is 38.6 Å². The van der Waals surface area contributed by atoms with Gasteiger partial charge in [0.05, 0.1) is 11.8 Å². The summed E-state index contributed by atoms with van der Waals surface area (Å²) in [7, 11) is 0. The number of hydrogen-bond acceptors (Lipinski definition) is 4. The van der Waals surface area contributed by atoms with Crippen LogP contribution < -0.4 is 10.6 Å². The molecule has 3 N–H and O–H groups in total. The number of carboxylic acids is 1. The predicted octanol–water partition coefficient (Wildman–Crippen LogP) is 1.16. The highest BCUT2D eigenvalue weighted by Crippen LogP contribution is 2.02. The van der Waals surface area contributed by atoms with Gasteiger partial charge in [0.25, 0.3) is 5.91 Å². The SMILES string of the molecule is CCCCC(NC(=O)CCNC(=O)c1ccoc1)C(=O)O. The third kappa shape index (κ3) is 6.11. The number of aliphatic carboxylic acids is 1. The summed E-state index contributed by atoms with van der Waals surface area (Å²) in [5.74, 6) is -1.78. The first-order valence-corrected chi connectivity index (χ1v) is 6.87. The van der Waals surface area contributed by atoms with Crippen LogP contribution in [0.5, 0.6) is 0 Å². The van der Waals surface area contributed by atoms with Crippen molar-refractivity contribution in [3.05, 3.63) is 24.2 Å². The Labute approximate surface area is 122 Å². The number of carbonyl (C=O) groups is 3. The molecule has 1 aromatic rings. The van der Waals surface area contributed by atoms with E-state index in [9.17, 15) is 14.4 Å². The Kier molecular flexibility index (Phi) is 7.00. The van der Waals surface area contributed by atoms with E-state index in [1.165, 1.54) is 18.6 Å². The van der Waals surface area contributed by atoms with Gasteiger partial charge in [-0.3, -0.25) is 9.59 Å². The van der Waals surface area contributed by atoms with E-state index < -0.39 is 17.9 Å².